The lowest BCUT2D eigenvalue weighted by Gasteiger charge is -2.08. The van der Waals surface area contributed by atoms with E-state index in [-0.39, 0.29) is 0 Å². The van der Waals surface area contributed by atoms with Crippen molar-refractivity contribution in [1.29, 1.82) is 0 Å². The third kappa shape index (κ3) is 2.66. The minimum atomic E-state index is -1.14. The van der Waals surface area contributed by atoms with E-state index in [2.05, 4.69) is 10.2 Å². The van der Waals surface area contributed by atoms with Crippen molar-refractivity contribution in [2.45, 2.75) is 18.9 Å². The molecule has 1 heterocycles. The molecule has 0 bridgehead atoms. The molecule has 0 aliphatic carbocycles. The van der Waals surface area contributed by atoms with Crippen LogP contribution in [0.4, 0.5) is 0 Å². The van der Waals surface area contributed by atoms with Gasteiger partial charge in [-0.3, -0.25) is 14.7 Å². The van der Waals surface area contributed by atoms with Crippen LogP contribution in [0, 0.1) is 0 Å². The molecule has 1 rings (SSSR count). The lowest BCUT2D eigenvalue weighted by Crippen LogP contribution is -2.25. The molecule has 7 heteroatoms. The van der Waals surface area contributed by atoms with Gasteiger partial charge < -0.3 is 10.2 Å². The summed E-state index contributed by atoms with van der Waals surface area (Å²) >= 11 is 0. The average molecular weight is 226 g/mol. The molecular formula is C8H10N2O4Si. The molecular weight excluding hydrogens is 216 g/mol. The minimum absolute atomic E-state index is 0.361. The summed E-state index contributed by atoms with van der Waals surface area (Å²) in [6, 6.07) is 0. The van der Waals surface area contributed by atoms with Gasteiger partial charge in [-0.05, 0) is 0 Å². The van der Waals surface area contributed by atoms with Gasteiger partial charge in [0.05, 0.1) is 18.5 Å². The lowest BCUT2D eigenvalue weighted by atomic mass is 9.99. The van der Waals surface area contributed by atoms with Crippen molar-refractivity contribution in [2.75, 3.05) is 0 Å². The molecule has 0 spiro atoms. The molecule has 0 aliphatic heterocycles. The Morgan fingerprint density at radius 1 is 1.60 bits per heavy atom. The molecule has 2 radical (unpaired) electrons. The predicted octanol–water partition coefficient (Wildman–Crippen LogP) is -0.570. The van der Waals surface area contributed by atoms with E-state index in [4.69, 9.17) is 10.2 Å². The number of hydrogen-bond donors (Lipinski definition) is 3. The van der Waals surface area contributed by atoms with Crippen LogP contribution in [-0.2, 0) is 9.59 Å². The van der Waals surface area contributed by atoms with Crippen molar-refractivity contribution in [3.05, 3.63) is 11.8 Å². The number of aliphatic carboxylic acids is 2. The van der Waals surface area contributed by atoms with Crippen LogP contribution in [0.3, 0.4) is 0 Å². The second-order valence-corrected chi connectivity index (χ2v) is 3.94. The first-order valence-corrected chi connectivity index (χ1v) is 5.72. The molecule has 0 fully saturated rings. The maximum atomic E-state index is 10.9. The highest BCUT2D eigenvalue weighted by Gasteiger charge is 2.26. The molecule has 80 valence electrons. The van der Waals surface area contributed by atoms with E-state index >= 15 is 0 Å². The summed E-state index contributed by atoms with van der Waals surface area (Å²) in [4.78, 5) is 21.4. The quantitative estimate of drug-likeness (QED) is 0.583. The summed E-state index contributed by atoms with van der Waals surface area (Å²) in [6.07, 6.45) is 0.958. The Morgan fingerprint density at radius 2 is 2.27 bits per heavy atom. The van der Waals surface area contributed by atoms with E-state index in [9.17, 15) is 9.59 Å². The number of carboxylic acids is 2. The summed E-state index contributed by atoms with van der Waals surface area (Å²) < 4.78 is 0. The number of carbonyl (C=O) groups is 2. The fourth-order valence-corrected chi connectivity index (χ4v) is 1.97. The smallest absolute Gasteiger partial charge is 0.311 e. The number of nitrogens with zero attached hydrogens (tertiary/aromatic N) is 1. The molecule has 6 nitrogen and oxygen atoms in total. The first kappa shape index (κ1) is 11.4. The van der Waals surface area contributed by atoms with Crippen LogP contribution in [0.15, 0.2) is 6.20 Å². The highest BCUT2D eigenvalue weighted by molar-refractivity contribution is 6.51. The molecule has 1 unspecified atom stereocenters. The minimum Gasteiger partial charge on any atom is -0.481 e. The van der Waals surface area contributed by atoms with Gasteiger partial charge in [-0.25, -0.2) is 0 Å². The zero-order chi connectivity index (χ0) is 11.4. The molecule has 0 aromatic carbocycles. The zero-order valence-corrected chi connectivity index (χ0v) is 9.02. The second-order valence-electron chi connectivity index (χ2n) is 2.94. The maximum absolute atomic E-state index is 10.9. The molecule has 1 atom stereocenters. The Kier molecular flexibility index (Phi) is 3.61. The molecule has 1 aromatic rings. The standard InChI is InChI=1S/C8H10N2O4Si/c1-15-7-5(3-9-10-7)4(8(13)14)2-6(11)12/h3-4H,2H2,1H3,(H,9,10)(H,11,12)(H,13,14). The van der Waals surface area contributed by atoms with Crippen LogP contribution in [0.25, 0.3) is 0 Å². The lowest BCUT2D eigenvalue weighted by molar-refractivity contribution is -0.145. The van der Waals surface area contributed by atoms with Crippen LogP contribution in [0.2, 0.25) is 6.55 Å². The number of carboxylic acid groups (broad SMARTS) is 2. The molecule has 1 aromatic heterocycles. The van der Waals surface area contributed by atoms with E-state index in [0.717, 1.165) is 0 Å². The molecule has 15 heavy (non-hydrogen) atoms. The Labute approximate surface area is 88.1 Å². The van der Waals surface area contributed by atoms with Crippen LogP contribution in [0.1, 0.15) is 17.9 Å². The van der Waals surface area contributed by atoms with Crippen molar-refractivity contribution in [2.24, 2.45) is 0 Å². The second kappa shape index (κ2) is 4.74. The number of aromatic nitrogens is 2. The SMILES string of the molecule is C[Si]c1[nH]ncc1C(CC(=O)O)C(=O)O. The number of aromatic amines is 1. The van der Waals surface area contributed by atoms with Crippen LogP contribution >= 0.6 is 0 Å². The van der Waals surface area contributed by atoms with Crippen molar-refractivity contribution in [3.63, 3.8) is 0 Å². The van der Waals surface area contributed by atoms with E-state index in [1.807, 2.05) is 6.55 Å². The van der Waals surface area contributed by atoms with Gasteiger partial charge in [-0.2, -0.15) is 5.10 Å². The van der Waals surface area contributed by atoms with Gasteiger partial charge in [0.25, 0.3) is 0 Å². The molecule has 0 saturated carbocycles. The molecule has 3 N–H and O–H groups in total. The predicted molar refractivity (Wildman–Crippen MR) is 52.5 cm³/mol. The van der Waals surface area contributed by atoms with Crippen molar-refractivity contribution in [1.82, 2.24) is 10.2 Å². The molecule has 0 amide bonds. The topological polar surface area (TPSA) is 103 Å². The number of hydrogen-bond acceptors (Lipinski definition) is 3. The number of nitrogens with one attached hydrogen (secondary N) is 1. The Balaban J connectivity index is 2.98. The summed E-state index contributed by atoms with van der Waals surface area (Å²) in [6.45, 7) is 1.87. The van der Waals surface area contributed by atoms with Gasteiger partial charge in [0.15, 0.2) is 0 Å². The Bertz CT molecular complexity index is 376. The summed E-state index contributed by atoms with van der Waals surface area (Å²) in [7, 11) is 0.361. The highest BCUT2D eigenvalue weighted by atomic mass is 28.2. The Morgan fingerprint density at radius 3 is 2.73 bits per heavy atom. The van der Waals surface area contributed by atoms with Crippen LogP contribution < -0.4 is 5.32 Å². The maximum Gasteiger partial charge on any atom is 0.311 e. The first-order valence-electron chi connectivity index (χ1n) is 4.22. The van der Waals surface area contributed by atoms with E-state index in [1.165, 1.54) is 6.20 Å². The third-order valence-corrected chi connectivity index (χ3v) is 2.87. The fourth-order valence-electron chi connectivity index (χ4n) is 1.26. The number of H-pyrrole nitrogens is 1. The van der Waals surface area contributed by atoms with Gasteiger partial charge in [-0.15, -0.1) is 0 Å². The van der Waals surface area contributed by atoms with Crippen molar-refractivity contribution >= 4 is 26.8 Å². The zero-order valence-electron chi connectivity index (χ0n) is 8.02. The van der Waals surface area contributed by atoms with Gasteiger partial charge in [-0.1, -0.05) is 6.55 Å². The van der Waals surface area contributed by atoms with Gasteiger partial charge in [0.2, 0.25) is 0 Å². The largest absolute Gasteiger partial charge is 0.481 e. The monoisotopic (exact) mass is 226 g/mol. The van der Waals surface area contributed by atoms with Crippen LogP contribution in [-0.4, -0.2) is 41.9 Å². The highest BCUT2D eigenvalue weighted by Crippen LogP contribution is 2.17. The molecule has 0 saturated heterocycles. The fraction of sp³-hybridized carbons (Fsp3) is 0.375. The van der Waals surface area contributed by atoms with Crippen LogP contribution in [0.5, 0.6) is 0 Å². The van der Waals surface area contributed by atoms with Gasteiger partial charge in [0, 0.05) is 10.9 Å². The average Bonchev–Trinajstić information content (AvgIpc) is 2.60. The molecule has 0 aliphatic rings. The van der Waals surface area contributed by atoms with E-state index in [1.54, 1.807) is 0 Å². The summed E-state index contributed by atoms with van der Waals surface area (Å²) in [5, 5.41) is 24.6. The number of rotatable bonds is 5. The van der Waals surface area contributed by atoms with Gasteiger partial charge in [0.1, 0.15) is 9.52 Å². The normalized spacial score (nSPS) is 12.3. The third-order valence-electron chi connectivity index (χ3n) is 1.97. The van der Waals surface area contributed by atoms with E-state index < -0.39 is 24.3 Å². The first-order chi connectivity index (χ1) is 7.06. The Hall–Kier alpha value is -1.63. The van der Waals surface area contributed by atoms with Crippen molar-refractivity contribution < 1.29 is 19.8 Å². The van der Waals surface area contributed by atoms with E-state index in [0.29, 0.717) is 20.4 Å². The summed E-state index contributed by atoms with van der Waals surface area (Å²) in [5.41, 5.74) is 0.464. The summed E-state index contributed by atoms with van der Waals surface area (Å²) in [5.74, 6) is -3.30. The van der Waals surface area contributed by atoms with Gasteiger partial charge >= 0.3 is 11.9 Å². The van der Waals surface area contributed by atoms with Crippen molar-refractivity contribution in [3.8, 4) is 0 Å².